The van der Waals surface area contributed by atoms with Gasteiger partial charge in [-0.05, 0) is 78.2 Å². The Bertz CT molecular complexity index is 672. The topological polar surface area (TPSA) is 81.4 Å². The first-order valence-corrected chi connectivity index (χ1v) is 10.7. The fraction of sp³-hybridized carbons (Fsp3) is 0.667. The SMILES string of the molecule is CC1=C(CC/C(C)=C/C=C/C(C)OC(=O)[C@H](C)NC(=O)[C@H](C)N)C(C)(C)CCC1. The largest absolute Gasteiger partial charge is 0.457 e. The fourth-order valence-electron chi connectivity index (χ4n) is 3.74. The van der Waals surface area contributed by atoms with Gasteiger partial charge in [0.1, 0.15) is 12.1 Å². The summed E-state index contributed by atoms with van der Waals surface area (Å²) < 4.78 is 5.35. The highest BCUT2D eigenvalue weighted by Crippen LogP contribution is 2.42. The van der Waals surface area contributed by atoms with Crippen molar-refractivity contribution in [3.8, 4) is 0 Å². The van der Waals surface area contributed by atoms with Crippen molar-refractivity contribution >= 4 is 11.9 Å². The summed E-state index contributed by atoms with van der Waals surface area (Å²) in [5.41, 5.74) is 10.3. The second kappa shape index (κ2) is 11.3. The molecule has 0 fully saturated rings. The normalized spacial score (nSPS) is 20.3. The summed E-state index contributed by atoms with van der Waals surface area (Å²) in [4.78, 5) is 23.6. The van der Waals surface area contributed by atoms with Gasteiger partial charge in [0.2, 0.25) is 5.91 Å². The van der Waals surface area contributed by atoms with Gasteiger partial charge in [0.05, 0.1) is 6.04 Å². The second-order valence-electron chi connectivity index (χ2n) is 9.06. The monoisotopic (exact) mass is 404 g/mol. The Morgan fingerprint density at radius 3 is 2.52 bits per heavy atom. The number of carbonyl (C=O) groups is 2. The Morgan fingerprint density at radius 1 is 1.28 bits per heavy atom. The van der Waals surface area contributed by atoms with Crippen molar-refractivity contribution in [1.82, 2.24) is 5.32 Å². The van der Waals surface area contributed by atoms with E-state index in [1.165, 1.54) is 24.8 Å². The highest BCUT2D eigenvalue weighted by Gasteiger charge is 2.27. The third-order valence-corrected chi connectivity index (χ3v) is 5.65. The van der Waals surface area contributed by atoms with E-state index in [0.29, 0.717) is 5.41 Å². The molecule has 0 spiro atoms. The second-order valence-corrected chi connectivity index (χ2v) is 9.06. The molecule has 5 heteroatoms. The standard InChI is InChI=1S/C24H40N2O3/c1-16(13-14-21-17(2)11-9-15-24(21,6)7)10-8-12-18(3)29-23(28)20(5)26-22(27)19(4)25/h8,10,12,18-20H,9,11,13-15,25H2,1-7H3,(H,26,27)/b12-8+,16-10+/t18?,19-,20-/m0/s1. The first-order chi connectivity index (χ1) is 13.4. The van der Waals surface area contributed by atoms with Crippen molar-refractivity contribution in [1.29, 1.82) is 0 Å². The number of hydrogen-bond donors (Lipinski definition) is 2. The summed E-state index contributed by atoms with van der Waals surface area (Å²) in [6, 6.07) is -1.38. The average molecular weight is 405 g/mol. The van der Waals surface area contributed by atoms with Crippen LogP contribution in [0.4, 0.5) is 0 Å². The van der Waals surface area contributed by atoms with E-state index in [1.807, 2.05) is 12.2 Å². The molecule has 1 unspecified atom stereocenters. The van der Waals surface area contributed by atoms with Gasteiger partial charge in [0.15, 0.2) is 0 Å². The fourth-order valence-corrected chi connectivity index (χ4v) is 3.74. The van der Waals surface area contributed by atoms with Crippen molar-refractivity contribution in [3.63, 3.8) is 0 Å². The van der Waals surface area contributed by atoms with Crippen LogP contribution in [0.5, 0.6) is 0 Å². The van der Waals surface area contributed by atoms with Gasteiger partial charge in [-0.1, -0.05) is 42.7 Å². The average Bonchev–Trinajstić information content (AvgIpc) is 2.60. The number of esters is 1. The lowest BCUT2D eigenvalue weighted by Gasteiger charge is -2.34. The van der Waals surface area contributed by atoms with E-state index < -0.39 is 18.1 Å². The summed E-state index contributed by atoms with van der Waals surface area (Å²) in [5.74, 6) is -0.846. The van der Waals surface area contributed by atoms with Crippen molar-refractivity contribution in [2.24, 2.45) is 11.1 Å². The molecule has 0 aromatic rings. The maximum atomic E-state index is 12.0. The number of ether oxygens (including phenoxy) is 1. The molecule has 1 amide bonds. The molecule has 0 saturated carbocycles. The zero-order valence-electron chi connectivity index (χ0n) is 19.3. The first kappa shape index (κ1) is 25.2. The van der Waals surface area contributed by atoms with Gasteiger partial charge in [-0.15, -0.1) is 0 Å². The highest BCUT2D eigenvalue weighted by atomic mass is 16.5. The van der Waals surface area contributed by atoms with E-state index >= 15 is 0 Å². The van der Waals surface area contributed by atoms with Gasteiger partial charge in [-0.25, -0.2) is 4.79 Å². The molecule has 0 radical (unpaired) electrons. The van der Waals surface area contributed by atoms with Crippen molar-refractivity contribution < 1.29 is 14.3 Å². The molecule has 0 saturated heterocycles. The Balaban J connectivity index is 2.50. The number of nitrogens with one attached hydrogen (secondary N) is 1. The van der Waals surface area contributed by atoms with Crippen LogP contribution in [0, 0.1) is 5.41 Å². The van der Waals surface area contributed by atoms with Crippen molar-refractivity contribution in [2.45, 2.75) is 98.8 Å². The molecule has 1 aliphatic rings. The lowest BCUT2D eigenvalue weighted by atomic mass is 9.71. The van der Waals surface area contributed by atoms with Gasteiger partial charge in [0.25, 0.3) is 0 Å². The van der Waals surface area contributed by atoms with E-state index in [4.69, 9.17) is 10.5 Å². The summed E-state index contributed by atoms with van der Waals surface area (Å²) in [7, 11) is 0. The maximum absolute atomic E-state index is 12.0. The van der Waals surface area contributed by atoms with Gasteiger partial charge in [-0.3, -0.25) is 4.79 Å². The third kappa shape index (κ3) is 8.57. The van der Waals surface area contributed by atoms with Gasteiger partial charge in [-0.2, -0.15) is 0 Å². The van der Waals surface area contributed by atoms with Gasteiger partial charge in [0, 0.05) is 0 Å². The molecule has 1 aliphatic carbocycles. The number of allylic oxidation sites excluding steroid dienone is 5. The minimum absolute atomic E-state index is 0.314. The van der Waals surface area contributed by atoms with Gasteiger partial charge < -0.3 is 15.8 Å². The van der Waals surface area contributed by atoms with Crippen LogP contribution in [0.1, 0.15) is 80.6 Å². The Hall–Kier alpha value is -1.88. The highest BCUT2D eigenvalue weighted by molar-refractivity contribution is 5.86. The molecule has 5 nitrogen and oxygen atoms in total. The number of hydrogen-bond acceptors (Lipinski definition) is 4. The molecule has 0 aliphatic heterocycles. The van der Waals surface area contributed by atoms with Crippen LogP contribution in [-0.4, -0.2) is 30.1 Å². The number of amides is 1. The molecule has 164 valence electrons. The van der Waals surface area contributed by atoms with Crippen LogP contribution in [0.15, 0.2) is 34.9 Å². The van der Waals surface area contributed by atoms with Crippen molar-refractivity contribution in [3.05, 3.63) is 34.9 Å². The maximum Gasteiger partial charge on any atom is 0.328 e. The van der Waals surface area contributed by atoms with Crippen LogP contribution < -0.4 is 11.1 Å². The molecular formula is C24H40N2O3. The smallest absolute Gasteiger partial charge is 0.328 e. The molecule has 0 heterocycles. The molecule has 1 rings (SSSR count). The molecular weight excluding hydrogens is 364 g/mol. The van der Waals surface area contributed by atoms with E-state index in [9.17, 15) is 9.59 Å². The predicted octanol–water partition coefficient (Wildman–Crippen LogP) is 4.58. The summed E-state index contributed by atoms with van der Waals surface area (Å²) in [6.07, 6.45) is 11.4. The Kier molecular flexibility index (Phi) is 9.84. The molecule has 3 N–H and O–H groups in total. The zero-order chi connectivity index (χ0) is 22.2. The number of carbonyl (C=O) groups excluding carboxylic acids is 2. The predicted molar refractivity (Wildman–Crippen MR) is 119 cm³/mol. The molecule has 29 heavy (non-hydrogen) atoms. The number of nitrogens with two attached hydrogens (primary N) is 1. The van der Waals surface area contributed by atoms with Crippen LogP contribution in [0.3, 0.4) is 0 Å². The Labute approximate surface area is 176 Å². The van der Waals surface area contributed by atoms with Crippen LogP contribution in [0.25, 0.3) is 0 Å². The van der Waals surface area contributed by atoms with Crippen LogP contribution in [-0.2, 0) is 14.3 Å². The summed E-state index contributed by atoms with van der Waals surface area (Å²) in [6.45, 7) is 14.1. The summed E-state index contributed by atoms with van der Waals surface area (Å²) in [5, 5.41) is 2.54. The van der Waals surface area contributed by atoms with E-state index in [-0.39, 0.29) is 12.0 Å². The first-order valence-electron chi connectivity index (χ1n) is 10.7. The quantitative estimate of drug-likeness (QED) is 0.335. The van der Waals surface area contributed by atoms with Crippen molar-refractivity contribution in [2.75, 3.05) is 0 Å². The molecule has 0 aromatic carbocycles. The number of rotatable bonds is 9. The van der Waals surface area contributed by atoms with E-state index in [1.54, 1.807) is 31.9 Å². The molecule has 0 aromatic heterocycles. The van der Waals surface area contributed by atoms with Crippen LogP contribution in [0.2, 0.25) is 0 Å². The Morgan fingerprint density at radius 2 is 1.93 bits per heavy atom. The van der Waals surface area contributed by atoms with E-state index in [0.717, 1.165) is 12.8 Å². The lowest BCUT2D eigenvalue weighted by molar-refractivity contribution is -0.149. The summed E-state index contributed by atoms with van der Waals surface area (Å²) >= 11 is 0. The zero-order valence-corrected chi connectivity index (χ0v) is 19.3. The third-order valence-electron chi connectivity index (χ3n) is 5.65. The minimum atomic E-state index is -0.725. The molecule has 0 bridgehead atoms. The molecule has 3 atom stereocenters. The lowest BCUT2D eigenvalue weighted by Crippen LogP contribution is -2.46. The van der Waals surface area contributed by atoms with E-state index in [2.05, 4.69) is 39.1 Å². The van der Waals surface area contributed by atoms with Crippen LogP contribution >= 0.6 is 0 Å². The minimum Gasteiger partial charge on any atom is -0.457 e. The van der Waals surface area contributed by atoms with Gasteiger partial charge >= 0.3 is 5.97 Å².